The quantitative estimate of drug-likeness (QED) is 0.562. The van der Waals surface area contributed by atoms with Gasteiger partial charge >= 0.3 is 6.03 Å². The lowest BCUT2D eigenvalue weighted by Crippen LogP contribution is -2.43. The van der Waals surface area contributed by atoms with Crippen molar-refractivity contribution in [1.82, 2.24) is 14.9 Å². The lowest BCUT2D eigenvalue weighted by Gasteiger charge is -2.22. The van der Waals surface area contributed by atoms with E-state index in [0.29, 0.717) is 21.7 Å². The molecule has 0 aliphatic carbocycles. The first-order chi connectivity index (χ1) is 14.0. The third-order valence-corrected chi connectivity index (χ3v) is 4.96. The second kappa shape index (κ2) is 8.24. The zero-order chi connectivity index (χ0) is 22.2. The highest BCUT2D eigenvalue weighted by molar-refractivity contribution is 6.34. The van der Waals surface area contributed by atoms with Crippen LogP contribution in [-0.4, -0.2) is 21.1 Å². The Labute approximate surface area is 183 Å². The number of hydrogen-bond donors (Lipinski definition) is 2. The van der Waals surface area contributed by atoms with E-state index in [0.717, 1.165) is 6.20 Å². The molecule has 3 rings (SSSR count). The number of rotatable bonds is 3. The standard InChI is InChI=1S/C21H21Cl2FN4O2/c1-11(13-7-12(22)5-6-15(13)24)28-18-8-14(23)16(9-17(18)25-10-19(28)29)26-20(30)27-21(2,3)4/h5-11H,1-4H3,(H2,26,27,30)/t11-/m0/s1. The molecule has 1 heterocycles. The number of halogens is 3. The van der Waals surface area contributed by atoms with Gasteiger partial charge in [0.2, 0.25) is 0 Å². The lowest BCUT2D eigenvalue weighted by atomic mass is 10.1. The van der Waals surface area contributed by atoms with Crippen molar-refractivity contribution in [2.75, 3.05) is 5.32 Å². The molecule has 0 aliphatic heterocycles. The molecule has 0 fully saturated rings. The van der Waals surface area contributed by atoms with Gasteiger partial charge in [-0.3, -0.25) is 9.36 Å². The summed E-state index contributed by atoms with van der Waals surface area (Å²) < 4.78 is 15.8. The highest BCUT2D eigenvalue weighted by Gasteiger charge is 2.20. The molecule has 9 heteroatoms. The van der Waals surface area contributed by atoms with E-state index in [4.69, 9.17) is 23.2 Å². The molecule has 1 atom stereocenters. The van der Waals surface area contributed by atoms with Crippen LogP contribution in [0.1, 0.15) is 39.3 Å². The number of nitrogens with one attached hydrogen (secondary N) is 2. The summed E-state index contributed by atoms with van der Waals surface area (Å²) in [5.74, 6) is -0.480. The zero-order valence-corrected chi connectivity index (χ0v) is 18.4. The third-order valence-electron chi connectivity index (χ3n) is 4.41. The molecule has 6 nitrogen and oxygen atoms in total. The highest BCUT2D eigenvalue weighted by atomic mass is 35.5. The van der Waals surface area contributed by atoms with Crippen molar-refractivity contribution < 1.29 is 9.18 Å². The molecule has 0 spiro atoms. The topological polar surface area (TPSA) is 76.0 Å². The number of nitrogens with zero attached hydrogens (tertiary/aromatic N) is 2. The molecule has 2 amide bonds. The normalized spacial score (nSPS) is 12.6. The summed E-state index contributed by atoms with van der Waals surface area (Å²) in [6.45, 7) is 7.24. The van der Waals surface area contributed by atoms with Crippen LogP contribution < -0.4 is 16.2 Å². The number of carbonyl (C=O) groups excluding carboxylic acids is 1. The Kier molecular flexibility index (Phi) is 6.06. The van der Waals surface area contributed by atoms with Crippen LogP contribution in [0.2, 0.25) is 10.0 Å². The van der Waals surface area contributed by atoms with E-state index in [1.54, 1.807) is 13.0 Å². The second-order valence-corrected chi connectivity index (χ2v) is 8.80. The maximum atomic E-state index is 14.4. The molecular formula is C21H21Cl2FN4O2. The van der Waals surface area contributed by atoms with Gasteiger partial charge in [-0.2, -0.15) is 0 Å². The molecule has 2 N–H and O–H groups in total. The number of hydrogen-bond acceptors (Lipinski definition) is 3. The summed E-state index contributed by atoms with van der Waals surface area (Å²) in [5.41, 5.74) is 0.574. The fraction of sp³-hybridized carbons (Fsp3) is 0.286. The van der Waals surface area contributed by atoms with E-state index < -0.39 is 29.0 Å². The Bertz CT molecular complexity index is 1190. The molecule has 3 aromatic rings. The van der Waals surface area contributed by atoms with Gasteiger partial charge in [0.1, 0.15) is 5.82 Å². The van der Waals surface area contributed by atoms with Crippen LogP contribution in [0, 0.1) is 5.82 Å². The van der Waals surface area contributed by atoms with Crippen LogP contribution in [0.5, 0.6) is 0 Å². The van der Waals surface area contributed by atoms with Gasteiger partial charge in [0.15, 0.2) is 0 Å². The van der Waals surface area contributed by atoms with Crippen LogP contribution in [0.3, 0.4) is 0 Å². The maximum Gasteiger partial charge on any atom is 0.319 e. The van der Waals surface area contributed by atoms with E-state index in [2.05, 4.69) is 15.6 Å². The molecule has 0 bridgehead atoms. The number of amides is 2. The van der Waals surface area contributed by atoms with Crippen molar-refractivity contribution in [3.05, 3.63) is 68.3 Å². The average molecular weight is 451 g/mol. The highest BCUT2D eigenvalue weighted by Crippen LogP contribution is 2.30. The lowest BCUT2D eigenvalue weighted by molar-refractivity contribution is 0.244. The number of aromatic nitrogens is 2. The smallest absolute Gasteiger partial charge is 0.319 e. The molecule has 158 valence electrons. The Balaban J connectivity index is 2.08. The predicted molar refractivity (Wildman–Crippen MR) is 118 cm³/mol. The SMILES string of the molecule is C[C@@H](c1cc(Cl)ccc1F)n1c(=O)cnc2cc(NC(=O)NC(C)(C)C)c(Cl)cc21. The van der Waals surface area contributed by atoms with Gasteiger partial charge in [-0.05, 0) is 58.0 Å². The minimum atomic E-state index is -0.666. The van der Waals surface area contributed by atoms with Crippen molar-refractivity contribution >= 4 is 46.0 Å². The molecule has 0 radical (unpaired) electrons. The predicted octanol–water partition coefficient (Wildman–Crippen LogP) is 5.37. The molecule has 1 aromatic heterocycles. The van der Waals surface area contributed by atoms with Gasteiger partial charge in [0.05, 0.1) is 34.0 Å². The Morgan fingerprint density at radius 3 is 2.57 bits per heavy atom. The summed E-state index contributed by atoms with van der Waals surface area (Å²) in [4.78, 5) is 28.9. The van der Waals surface area contributed by atoms with Crippen LogP contribution in [-0.2, 0) is 0 Å². The first kappa shape index (κ1) is 22.1. The van der Waals surface area contributed by atoms with E-state index in [-0.39, 0.29) is 10.6 Å². The Hall–Kier alpha value is -2.64. The van der Waals surface area contributed by atoms with Crippen LogP contribution >= 0.6 is 23.2 Å². The first-order valence-electron chi connectivity index (χ1n) is 9.21. The summed E-state index contributed by atoms with van der Waals surface area (Å²) in [5, 5.41) is 6.03. The first-order valence-corrected chi connectivity index (χ1v) is 9.97. The third kappa shape index (κ3) is 4.74. The van der Waals surface area contributed by atoms with Gasteiger partial charge in [0, 0.05) is 16.1 Å². The minimum absolute atomic E-state index is 0.214. The van der Waals surface area contributed by atoms with E-state index in [9.17, 15) is 14.0 Å². The van der Waals surface area contributed by atoms with Crippen molar-refractivity contribution in [3.63, 3.8) is 0 Å². The zero-order valence-electron chi connectivity index (χ0n) is 16.9. The molecular weight excluding hydrogens is 430 g/mol. The number of fused-ring (bicyclic) bond motifs is 1. The fourth-order valence-corrected chi connectivity index (χ4v) is 3.50. The summed E-state index contributed by atoms with van der Waals surface area (Å²) in [6.07, 6.45) is 1.15. The maximum absolute atomic E-state index is 14.4. The Morgan fingerprint density at radius 1 is 1.20 bits per heavy atom. The second-order valence-electron chi connectivity index (χ2n) is 7.96. The van der Waals surface area contributed by atoms with Crippen molar-refractivity contribution in [1.29, 1.82) is 0 Å². The minimum Gasteiger partial charge on any atom is -0.333 e. The number of urea groups is 1. The molecule has 0 aliphatic rings. The van der Waals surface area contributed by atoms with Gasteiger partial charge in [-0.15, -0.1) is 0 Å². The Morgan fingerprint density at radius 2 is 1.90 bits per heavy atom. The van der Waals surface area contributed by atoms with E-state index in [1.807, 2.05) is 20.8 Å². The van der Waals surface area contributed by atoms with Crippen LogP contribution in [0.15, 0.2) is 41.3 Å². The monoisotopic (exact) mass is 450 g/mol. The molecule has 0 unspecified atom stereocenters. The number of anilines is 1. The summed E-state index contributed by atoms with van der Waals surface area (Å²) in [6, 6.07) is 6.18. The van der Waals surface area contributed by atoms with Gasteiger partial charge in [0.25, 0.3) is 5.56 Å². The van der Waals surface area contributed by atoms with Gasteiger partial charge < -0.3 is 10.6 Å². The number of carbonyl (C=O) groups is 1. The van der Waals surface area contributed by atoms with Crippen LogP contribution in [0.4, 0.5) is 14.9 Å². The average Bonchev–Trinajstić information content (AvgIpc) is 2.62. The van der Waals surface area contributed by atoms with Crippen molar-refractivity contribution in [2.24, 2.45) is 0 Å². The largest absolute Gasteiger partial charge is 0.333 e. The summed E-state index contributed by atoms with van der Waals surface area (Å²) in [7, 11) is 0. The molecule has 30 heavy (non-hydrogen) atoms. The molecule has 0 saturated heterocycles. The van der Waals surface area contributed by atoms with Crippen LogP contribution in [0.25, 0.3) is 11.0 Å². The van der Waals surface area contributed by atoms with Gasteiger partial charge in [-0.25, -0.2) is 14.2 Å². The molecule has 2 aromatic carbocycles. The van der Waals surface area contributed by atoms with Crippen molar-refractivity contribution in [3.8, 4) is 0 Å². The number of benzene rings is 2. The van der Waals surface area contributed by atoms with E-state index >= 15 is 0 Å². The fourth-order valence-electron chi connectivity index (χ4n) is 3.12. The van der Waals surface area contributed by atoms with Gasteiger partial charge in [-0.1, -0.05) is 23.2 Å². The summed E-state index contributed by atoms with van der Waals surface area (Å²) >= 11 is 12.4. The molecule has 0 saturated carbocycles. The van der Waals surface area contributed by atoms with Crippen molar-refractivity contribution in [2.45, 2.75) is 39.3 Å². The van der Waals surface area contributed by atoms with E-state index in [1.165, 1.54) is 28.8 Å².